The van der Waals surface area contributed by atoms with E-state index in [1.54, 1.807) is 18.3 Å². The highest BCUT2D eigenvalue weighted by Crippen LogP contribution is 2.06. The van der Waals surface area contributed by atoms with Gasteiger partial charge < -0.3 is 16.4 Å². The van der Waals surface area contributed by atoms with Crippen molar-refractivity contribution in [2.75, 3.05) is 11.9 Å². The van der Waals surface area contributed by atoms with Gasteiger partial charge in [0.2, 0.25) is 11.8 Å². The lowest BCUT2D eigenvalue weighted by Gasteiger charge is -2.15. The summed E-state index contributed by atoms with van der Waals surface area (Å²) in [6.45, 7) is 5.44. The maximum absolute atomic E-state index is 11.6. The average molecular weight is 264 g/mol. The number of carbonyl (C=O) groups is 2. The summed E-state index contributed by atoms with van der Waals surface area (Å²) in [5.41, 5.74) is 7.13. The molecule has 6 nitrogen and oxygen atoms in total. The van der Waals surface area contributed by atoms with E-state index in [0.717, 1.165) is 5.69 Å². The summed E-state index contributed by atoms with van der Waals surface area (Å²) < 4.78 is 0. The Balaban J connectivity index is 2.42. The maximum atomic E-state index is 11.6. The lowest BCUT2D eigenvalue weighted by atomic mass is 10.1. The van der Waals surface area contributed by atoms with E-state index in [1.807, 2.05) is 20.8 Å². The van der Waals surface area contributed by atoms with Gasteiger partial charge in [-0.15, -0.1) is 0 Å². The lowest BCUT2D eigenvalue weighted by molar-refractivity contribution is -0.125. The zero-order valence-electron chi connectivity index (χ0n) is 11.4. The lowest BCUT2D eigenvalue weighted by Crippen LogP contribution is -2.46. The Morgan fingerprint density at radius 2 is 2.11 bits per heavy atom. The Morgan fingerprint density at radius 1 is 1.42 bits per heavy atom. The van der Waals surface area contributed by atoms with E-state index in [1.165, 1.54) is 0 Å². The first-order chi connectivity index (χ1) is 8.90. The predicted molar refractivity (Wildman–Crippen MR) is 73.4 cm³/mol. The van der Waals surface area contributed by atoms with Crippen LogP contribution in [0.2, 0.25) is 0 Å². The van der Waals surface area contributed by atoms with Crippen molar-refractivity contribution in [1.82, 2.24) is 10.3 Å². The molecule has 0 bridgehead atoms. The Hall–Kier alpha value is -1.95. The molecule has 2 amide bonds. The summed E-state index contributed by atoms with van der Waals surface area (Å²) in [6, 6.07) is 2.84. The third kappa shape index (κ3) is 5.05. The molecule has 0 saturated carbocycles. The molecule has 104 valence electrons. The smallest absolute Gasteiger partial charge is 0.243 e. The molecule has 4 N–H and O–H groups in total. The number of anilines is 1. The van der Waals surface area contributed by atoms with E-state index in [4.69, 9.17) is 5.73 Å². The fraction of sp³-hybridized carbons (Fsp3) is 0.462. The number of nitrogens with one attached hydrogen (secondary N) is 2. The van der Waals surface area contributed by atoms with Crippen molar-refractivity contribution >= 4 is 17.5 Å². The van der Waals surface area contributed by atoms with Gasteiger partial charge in [0.15, 0.2) is 0 Å². The van der Waals surface area contributed by atoms with E-state index in [0.29, 0.717) is 5.69 Å². The molecule has 1 rings (SSSR count). The van der Waals surface area contributed by atoms with Crippen LogP contribution in [0.1, 0.15) is 19.5 Å². The molecular formula is C13H20N4O2. The van der Waals surface area contributed by atoms with Crippen molar-refractivity contribution in [1.29, 1.82) is 0 Å². The zero-order chi connectivity index (χ0) is 14.4. The molecule has 0 aliphatic carbocycles. The van der Waals surface area contributed by atoms with Crippen molar-refractivity contribution in [3.63, 3.8) is 0 Å². The second-order valence-electron chi connectivity index (χ2n) is 4.72. The second-order valence-corrected chi connectivity index (χ2v) is 4.72. The largest absolute Gasteiger partial charge is 0.346 e. The summed E-state index contributed by atoms with van der Waals surface area (Å²) in [6.07, 6.45) is 1.61. The highest BCUT2D eigenvalue weighted by Gasteiger charge is 2.17. The summed E-state index contributed by atoms with van der Waals surface area (Å²) in [5.74, 6) is -0.586. The van der Waals surface area contributed by atoms with Gasteiger partial charge in [0.1, 0.15) is 0 Å². The number of hydrogen-bond donors (Lipinski definition) is 3. The molecule has 6 heteroatoms. The molecule has 0 fully saturated rings. The van der Waals surface area contributed by atoms with Gasteiger partial charge in [-0.05, 0) is 25.0 Å². The first kappa shape index (κ1) is 15.1. The standard InChI is InChI=1S/C13H20N4O2/c1-8(2)12(14)13(19)16-7-11(18)17-10-4-5-15-9(3)6-10/h4-6,8,12H,7,14H2,1-3H3,(H,16,19)(H,15,17,18)/t12-/m0/s1. The van der Waals surface area contributed by atoms with Crippen LogP contribution in [0.4, 0.5) is 5.69 Å². The van der Waals surface area contributed by atoms with Gasteiger partial charge in [-0.2, -0.15) is 0 Å². The van der Waals surface area contributed by atoms with Crippen molar-refractivity contribution in [3.8, 4) is 0 Å². The van der Waals surface area contributed by atoms with Crippen molar-refractivity contribution in [2.24, 2.45) is 11.7 Å². The van der Waals surface area contributed by atoms with Crippen LogP contribution in [0.3, 0.4) is 0 Å². The first-order valence-corrected chi connectivity index (χ1v) is 6.16. The fourth-order valence-electron chi connectivity index (χ4n) is 1.42. The molecule has 1 aromatic rings. The van der Waals surface area contributed by atoms with E-state index >= 15 is 0 Å². The fourth-order valence-corrected chi connectivity index (χ4v) is 1.42. The Morgan fingerprint density at radius 3 is 2.68 bits per heavy atom. The number of rotatable bonds is 5. The molecule has 1 atom stereocenters. The summed E-state index contributed by atoms with van der Waals surface area (Å²) in [4.78, 5) is 27.2. The predicted octanol–water partition coefficient (Wildman–Crippen LogP) is 0.428. The molecule has 0 saturated heterocycles. The summed E-state index contributed by atoms with van der Waals surface area (Å²) >= 11 is 0. The number of carbonyl (C=O) groups excluding carboxylic acids is 2. The second kappa shape index (κ2) is 6.84. The van der Waals surface area contributed by atoms with Crippen LogP contribution in [-0.4, -0.2) is 29.4 Å². The van der Waals surface area contributed by atoms with Crippen LogP contribution in [0.15, 0.2) is 18.3 Å². The van der Waals surface area contributed by atoms with Crippen molar-refractivity contribution < 1.29 is 9.59 Å². The molecule has 0 aliphatic heterocycles. The van der Waals surface area contributed by atoms with Gasteiger partial charge in [-0.3, -0.25) is 14.6 Å². The normalized spacial score (nSPS) is 12.1. The molecule has 0 spiro atoms. The van der Waals surface area contributed by atoms with E-state index < -0.39 is 6.04 Å². The minimum atomic E-state index is -0.601. The highest BCUT2D eigenvalue weighted by molar-refractivity contribution is 5.95. The monoisotopic (exact) mass is 264 g/mol. The third-order valence-electron chi connectivity index (χ3n) is 2.62. The van der Waals surface area contributed by atoms with Gasteiger partial charge in [0.05, 0.1) is 12.6 Å². The van der Waals surface area contributed by atoms with Crippen molar-refractivity contribution in [3.05, 3.63) is 24.0 Å². The number of pyridine rings is 1. The molecule has 0 aliphatic rings. The van der Waals surface area contributed by atoms with Crippen molar-refractivity contribution in [2.45, 2.75) is 26.8 Å². The van der Waals surface area contributed by atoms with E-state index in [-0.39, 0.29) is 24.3 Å². The molecule has 0 aromatic carbocycles. The minimum Gasteiger partial charge on any atom is -0.346 e. The van der Waals surface area contributed by atoms with Crippen LogP contribution in [0.25, 0.3) is 0 Å². The Bertz CT molecular complexity index is 460. The number of nitrogens with zero attached hydrogens (tertiary/aromatic N) is 1. The molecular weight excluding hydrogens is 244 g/mol. The van der Waals surface area contributed by atoms with Crippen LogP contribution < -0.4 is 16.4 Å². The van der Waals surface area contributed by atoms with Gasteiger partial charge >= 0.3 is 0 Å². The average Bonchev–Trinajstić information content (AvgIpc) is 2.34. The number of hydrogen-bond acceptors (Lipinski definition) is 4. The quantitative estimate of drug-likeness (QED) is 0.718. The van der Waals surface area contributed by atoms with Crippen LogP contribution in [0, 0.1) is 12.8 Å². The number of aromatic nitrogens is 1. The van der Waals surface area contributed by atoms with Crippen LogP contribution in [-0.2, 0) is 9.59 Å². The van der Waals surface area contributed by atoms with Gasteiger partial charge in [0.25, 0.3) is 0 Å². The number of aryl methyl sites for hydroxylation is 1. The van der Waals surface area contributed by atoms with Crippen LogP contribution in [0.5, 0.6) is 0 Å². The first-order valence-electron chi connectivity index (χ1n) is 6.16. The summed E-state index contributed by atoms with van der Waals surface area (Å²) in [5, 5.41) is 5.18. The topological polar surface area (TPSA) is 97.1 Å². The number of amides is 2. The van der Waals surface area contributed by atoms with E-state index in [9.17, 15) is 9.59 Å². The molecule has 0 radical (unpaired) electrons. The molecule has 19 heavy (non-hydrogen) atoms. The third-order valence-corrected chi connectivity index (χ3v) is 2.62. The van der Waals surface area contributed by atoms with E-state index in [2.05, 4.69) is 15.6 Å². The maximum Gasteiger partial charge on any atom is 0.243 e. The van der Waals surface area contributed by atoms with Gasteiger partial charge in [-0.25, -0.2) is 0 Å². The molecule has 1 aromatic heterocycles. The minimum absolute atomic E-state index is 0.0332. The molecule has 1 heterocycles. The Kier molecular flexibility index (Phi) is 5.44. The summed E-state index contributed by atoms with van der Waals surface area (Å²) in [7, 11) is 0. The van der Waals surface area contributed by atoms with Gasteiger partial charge in [-0.1, -0.05) is 13.8 Å². The van der Waals surface area contributed by atoms with Gasteiger partial charge in [0, 0.05) is 17.6 Å². The zero-order valence-corrected chi connectivity index (χ0v) is 11.4. The van der Waals surface area contributed by atoms with Crippen LogP contribution >= 0.6 is 0 Å². The molecule has 0 unspecified atom stereocenters. The SMILES string of the molecule is Cc1cc(NC(=O)CNC(=O)[C@@H](N)C(C)C)ccn1. The Labute approximate surface area is 112 Å². The number of nitrogens with two attached hydrogens (primary N) is 1. The highest BCUT2D eigenvalue weighted by atomic mass is 16.2.